The van der Waals surface area contributed by atoms with Crippen molar-refractivity contribution >= 4 is 12.0 Å². The fourth-order valence-corrected chi connectivity index (χ4v) is 2.91. The molecule has 0 aliphatic carbocycles. The molecule has 3 rings (SSSR count). The second-order valence-corrected chi connectivity index (χ2v) is 6.16. The van der Waals surface area contributed by atoms with E-state index in [4.69, 9.17) is 4.74 Å². The van der Waals surface area contributed by atoms with Crippen LogP contribution < -0.4 is 10.1 Å². The molecule has 2 aromatic rings. The van der Waals surface area contributed by atoms with E-state index in [2.05, 4.69) is 5.32 Å². The van der Waals surface area contributed by atoms with Crippen LogP contribution in [0.15, 0.2) is 54.1 Å². The highest BCUT2D eigenvalue weighted by Crippen LogP contribution is 2.29. The number of benzene rings is 2. The van der Waals surface area contributed by atoms with Crippen molar-refractivity contribution in [1.82, 2.24) is 5.32 Å². The number of amides is 1. The molecule has 0 aromatic heterocycles. The fraction of sp³-hybridized carbons (Fsp3) is 0.238. The summed E-state index contributed by atoms with van der Waals surface area (Å²) >= 11 is 0. The van der Waals surface area contributed by atoms with Crippen LogP contribution in [0.3, 0.4) is 0 Å². The first kappa shape index (κ1) is 16.8. The van der Waals surface area contributed by atoms with Crippen molar-refractivity contribution in [3.63, 3.8) is 0 Å². The van der Waals surface area contributed by atoms with Crippen LogP contribution in [0.4, 0.5) is 0 Å². The summed E-state index contributed by atoms with van der Waals surface area (Å²) in [6.45, 7) is 2.52. The van der Waals surface area contributed by atoms with E-state index >= 15 is 0 Å². The highest BCUT2D eigenvalue weighted by molar-refractivity contribution is 6.01. The van der Waals surface area contributed by atoms with Gasteiger partial charge in [0.1, 0.15) is 23.5 Å². The molecule has 2 aromatic carbocycles. The maximum atomic E-state index is 12.2. The number of carbonyl (C=O) groups excluding carboxylic acids is 1. The van der Waals surface area contributed by atoms with Crippen molar-refractivity contribution in [1.29, 1.82) is 5.26 Å². The molecule has 0 bridgehead atoms. The van der Waals surface area contributed by atoms with Crippen molar-refractivity contribution in [2.45, 2.75) is 25.9 Å². The standard InChI is InChI=1S/C21H20N2O2/c1-15-11-18-12-17(7-8-20(18)25-15)13-19(14-22)21(24)23-10-9-16-5-3-2-4-6-16/h2-8,12-13,15H,9-11H2,1H3,(H,23,24). The van der Waals surface area contributed by atoms with E-state index in [1.54, 1.807) is 6.08 Å². The number of hydrogen-bond donors (Lipinski definition) is 1. The normalized spacial score (nSPS) is 15.8. The predicted molar refractivity (Wildman–Crippen MR) is 97.0 cm³/mol. The lowest BCUT2D eigenvalue weighted by molar-refractivity contribution is -0.117. The van der Waals surface area contributed by atoms with Crippen molar-refractivity contribution in [3.8, 4) is 11.8 Å². The number of hydrogen-bond acceptors (Lipinski definition) is 3. The molecular weight excluding hydrogens is 312 g/mol. The van der Waals surface area contributed by atoms with Gasteiger partial charge in [0.2, 0.25) is 0 Å². The van der Waals surface area contributed by atoms with Crippen LogP contribution >= 0.6 is 0 Å². The summed E-state index contributed by atoms with van der Waals surface area (Å²) in [6, 6.07) is 17.7. The fourth-order valence-electron chi connectivity index (χ4n) is 2.91. The lowest BCUT2D eigenvalue weighted by atomic mass is 10.0. The van der Waals surface area contributed by atoms with Gasteiger partial charge < -0.3 is 10.1 Å². The van der Waals surface area contributed by atoms with Crippen LogP contribution in [0.5, 0.6) is 5.75 Å². The van der Waals surface area contributed by atoms with Gasteiger partial charge in [0.15, 0.2) is 0 Å². The van der Waals surface area contributed by atoms with Crippen molar-refractivity contribution in [2.75, 3.05) is 6.54 Å². The summed E-state index contributed by atoms with van der Waals surface area (Å²) in [4.78, 5) is 12.2. The molecule has 0 saturated heterocycles. The van der Waals surface area contributed by atoms with Gasteiger partial charge in [0.25, 0.3) is 5.91 Å². The molecule has 1 amide bonds. The summed E-state index contributed by atoms with van der Waals surface area (Å²) in [5.74, 6) is 0.541. The van der Waals surface area contributed by atoms with Gasteiger partial charge in [0, 0.05) is 13.0 Å². The molecule has 1 atom stereocenters. The van der Waals surface area contributed by atoms with Crippen LogP contribution in [0.1, 0.15) is 23.6 Å². The Labute approximate surface area is 147 Å². The molecular formula is C21H20N2O2. The lowest BCUT2D eigenvalue weighted by Gasteiger charge is -2.05. The number of fused-ring (bicyclic) bond motifs is 1. The Morgan fingerprint density at radius 2 is 2.12 bits per heavy atom. The molecule has 0 saturated carbocycles. The van der Waals surface area contributed by atoms with Crippen LogP contribution in [0.25, 0.3) is 6.08 Å². The number of carbonyl (C=O) groups is 1. The Morgan fingerprint density at radius 1 is 1.32 bits per heavy atom. The number of nitriles is 1. The Bertz CT molecular complexity index is 835. The van der Waals surface area contributed by atoms with E-state index < -0.39 is 0 Å². The van der Waals surface area contributed by atoms with E-state index in [0.29, 0.717) is 6.54 Å². The van der Waals surface area contributed by atoms with Crippen LogP contribution in [0, 0.1) is 11.3 Å². The zero-order valence-corrected chi connectivity index (χ0v) is 14.2. The number of nitrogens with zero attached hydrogens (tertiary/aromatic N) is 1. The monoisotopic (exact) mass is 332 g/mol. The number of nitrogens with one attached hydrogen (secondary N) is 1. The molecule has 1 heterocycles. The summed E-state index contributed by atoms with van der Waals surface area (Å²) < 4.78 is 5.67. The van der Waals surface area contributed by atoms with Gasteiger partial charge in [-0.05, 0) is 48.2 Å². The maximum Gasteiger partial charge on any atom is 0.261 e. The van der Waals surface area contributed by atoms with Gasteiger partial charge in [0.05, 0.1) is 0 Å². The molecule has 4 heteroatoms. The molecule has 1 aliphatic rings. The van der Waals surface area contributed by atoms with E-state index in [0.717, 1.165) is 35.3 Å². The third kappa shape index (κ3) is 4.27. The molecule has 4 nitrogen and oxygen atoms in total. The Balaban J connectivity index is 1.63. The average molecular weight is 332 g/mol. The first-order valence-corrected chi connectivity index (χ1v) is 8.39. The van der Waals surface area contributed by atoms with Crippen LogP contribution in [0.2, 0.25) is 0 Å². The highest BCUT2D eigenvalue weighted by atomic mass is 16.5. The minimum atomic E-state index is -0.344. The molecule has 126 valence electrons. The number of rotatable bonds is 5. The van der Waals surface area contributed by atoms with Crippen molar-refractivity contribution < 1.29 is 9.53 Å². The predicted octanol–water partition coefficient (Wildman–Crippen LogP) is 3.28. The Morgan fingerprint density at radius 3 is 2.88 bits per heavy atom. The Hall–Kier alpha value is -3.06. The quantitative estimate of drug-likeness (QED) is 0.675. The molecule has 1 N–H and O–H groups in total. The zero-order chi connectivity index (χ0) is 17.6. The zero-order valence-electron chi connectivity index (χ0n) is 14.2. The lowest BCUT2D eigenvalue weighted by Crippen LogP contribution is -2.26. The third-order valence-electron chi connectivity index (χ3n) is 4.14. The molecule has 1 aliphatic heterocycles. The van der Waals surface area contributed by atoms with Gasteiger partial charge >= 0.3 is 0 Å². The largest absolute Gasteiger partial charge is 0.490 e. The third-order valence-corrected chi connectivity index (χ3v) is 4.14. The molecule has 0 fully saturated rings. The first-order chi connectivity index (χ1) is 12.2. The van der Waals surface area contributed by atoms with E-state index in [1.165, 1.54) is 0 Å². The summed E-state index contributed by atoms with van der Waals surface area (Å²) in [7, 11) is 0. The molecule has 1 unspecified atom stereocenters. The topological polar surface area (TPSA) is 62.1 Å². The molecule has 0 spiro atoms. The van der Waals surface area contributed by atoms with E-state index in [1.807, 2.05) is 61.5 Å². The smallest absolute Gasteiger partial charge is 0.261 e. The summed E-state index contributed by atoms with van der Waals surface area (Å²) in [6.07, 6.45) is 3.38. The van der Waals surface area contributed by atoms with Gasteiger partial charge in [-0.2, -0.15) is 5.26 Å². The van der Waals surface area contributed by atoms with Gasteiger partial charge in [-0.25, -0.2) is 0 Å². The average Bonchev–Trinajstić information content (AvgIpc) is 2.99. The minimum Gasteiger partial charge on any atom is -0.490 e. The van der Waals surface area contributed by atoms with Crippen molar-refractivity contribution in [2.24, 2.45) is 0 Å². The highest BCUT2D eigenvalue weighted by Gasteiger charge is 2.19. The van der Waals surface area contributed by atoms with E-state index in [-0.39, 0.29) is 17.6 Å². The number of ether oxygens (including phenoxy) is 1. The van der Waals surface area contributed by atoms with Gasteiger partial charge in [-0.1, -0.05) is 36.4 Å². The maximum absolute atomic E-state index is 12.2. The molecule has 25 heavy (non-hydrogen) atoms. The molecule has 0 radical (unpaired) electrons. The van der Waals surface area contributed by atoms with Gasteiger partial charge in [-0.3, -0.25) is 4.79 Å². The summed E-state index contributed by atoms with van der Waals surface area (Å²) in [5.41, 5.74) is 3.22. The summed E-state index contributed by atoms with van der Waals surface area (Å²) in [5, 5.41) is 12.1. The van der Waals surface area contributed by atoms with Crippen LogP contribution in [-0.4, -0.2) is 18.6 Å². The van der Waals surface area contributed by atoms with E-state index in [9.17, 15) is 10.1 Å². The minimum absolute atomic E-state index is 0.111. The second kappa shape index (κ2) is 7.67. The second-order valence-electron chi connectivity index (χ2n) is 6.16. The van der Waals surface area contributed by atoms with Gasteiger partial charge in [-0.15, -0.1) is 0 Å². The van der Waals surface area contributed by atoms with Crippen molar-refractivity contribution in [3.05, 3.63) is 70.8 Å². The van der Waals surface area contributed by atoms with Crippen LogP contribution in [-0.2, 0) is 17.6 Å². The Kier molecular flexibility index (Phi) is 5.15. The first-order valence-electron chi connectivity index (χ1n) is 8.39. The SMILES string of the molecule is CC1Cc2cc(C=C(C#N)C(=O)NCCc3ccccc3)ccc2O1.